The zero-order valence-electron chi connectivity index (χ0n) is 15.7. The Balaban J connectivity index is 1.49. The van der Waals surface area contributed by atoms with Crippen molar-refractivity contribution in [2.45, 2.75) is 31.7 Å². The molecule has 2 aromatic rings. The van der Waals surface area contributed by atoms with E-state index in [1.54, 1.807) is 16.8 Å². The van der Waals surface area contributed by atoms with Gasteiger partial charge in [-0.25, -0.2) is 18.3 Å². The Labute approximate surface area is 160 Å². The Morgan fingerprint density at radius 2 is 1.79 bits per heavy atom. The number of aromatic nitrogens is 2. The van der Waals surface area contributed by atoms with Crippen molar-refractivity contribution in [3.05, 3.63) is 41.6 Å². The molecule has 1 saturated heterocycles. The highest BCUT2D eigenvalue weighted by Gasteiger charge is 2.45. The van der Waals surface area contributed by atoms with Gasteiger partial charge in [-0.3, -0.25) is 4.79 Å². The van der Waals surface area contributed by atoms with Gasteiger partial charge in [-0.2, -0.15) is 5.10 Å². The summed E-state index contributed by atoms with van der Waals surface area (Å²) >= 11 is 0. The first kappa shape index (κ1) is 18.4. The number of nitrogens with zero attached hydrogens (tertiary/aromatic N) is 4. The molecule has 2 aliphatic heterocycles. The zero-order chi connectivity index (χ0) is 20.1. The maximum Gasteiger partial charge on any atom is 0.321 e. The average Bonchev–Trinajstić information content (AvgIpc) is 3.02. The van der Waals surface area contributed by atoms with Gasteiger partial charge in [0.15, 0.2) is 0 Å². The number of anilines is 2. The highest BCUT2D eigenvalue weighted by atomic mass is 19.1. The molecular weight excluding hydrogens is 368 g/mol. The van der Waals surface area contributed by atoms with E-state index in [1.165, 1.54) is 0 Å². The first-order valence-corrected chi connectivity index (χ1v) is 9.13. The van der Waals surface area contributed by atoms with Gasteiger partial charge < -0.3 is 15.1 Å². The SMILES string of the molecule is Cc1cc2n(n1)C1(CCN(C(=O)Nc3cc(F)cc(F)c3)CC1)CC(=O)N2C. The number of hydrogen-bond acceptors (Lipinski definition) is 3. The van der Waals surface area contributed by atoms with E-state index in [0.29, 0.717) is 32.4 Å². The summed E-state index contributed by atoms with van der Waals surface area (Å²) in [4.78, 5) is 28.2. The van der Waals surface area contributed by atoms with E-state index in [9.17, 15) is 18.4 Å². The first-order valence-electron chi connectivity index (χ1n) is 9.13. The zero-order valence-corrected chi connectivity index (χ0v) is 15.7. The van der Waals surface area contributed by atoms with E-state index in [-0.39, 0.29) is 11.6 Å². The summed E-state index contributed by atoms with van der Waals surface area (Å²) in [6.07, 6.45) is 1.49. The van der Waals surface area contributed by atoms with Crippen LogP contribution >= 0.6 is 0 Å². The molecule has 28 heavy (non-hydrogen) atoms. The number of urea groups is 1. The molecule has 7 nitrogen and oxygen atoms in total. The van der Waals surface area contributed by atoms with Gasteiger partial charge in [-0.05, 0) is 31.9 Å². The largest absolute Gasteiger partial charge is 0.324 e. The summed E-state index contributed by atoms with van der Waals surface area (Å²) in [5, 5.41) is 7.12. The van der Waals surface area contributed by atoms with E-state index in [4.69, 9.17) is 0 Å². The fourth-order valence-electron chi connectivity index (χ4n) is 4.02. The molecule has 2 aliphatic rings. The van der Waals surface area contributed by atoms with Crippen molar-refractivity contribution < 1.29 is 18.4 Å². The maximum atomic E-state index is 13.3. The van der Waals surface area contributed by atoms with Crippen LogP contribution in [0.2, 0.25) is 0 Å². The van der Waals surface area contributed by atoms with Crippen LogP contribution in [0.15, 0.2) is 24.3 Å². The van der Waals surface area contributed by atoms with E-state index in [2.05, 4.69) is 10.4 Å². The van der Waals surface area contributed by atoms with E-state index in [1.807, 2.05) is 17.7 Å². The van der Waals surface area contributed by atoms with Crippen molar-refractivity contribution >= 4 is 23.4 Å². The Kier molecular flexibility index (Phi) is 4.32. The molecule has 0 saturated carbocycles. The van der Waals surface area contributed by atoms with Crippen LogP contribution in [0, 0.1) is 18.6 Å². The summed E-state index contributed by atoms with van der Waals surface area (Å²) < 4.78 is 28.6. The summed E-state index contributed by atoms with van der Waals surface area (Å²) in [5.74, 6) is -0.707. The fourth-order valence-corrected chi connectivity index (χ4v) is 4.02. The quantitative estimate of drug-likeness (QED) is 0.815. The number of carbonyl (C=O) groups is 2. The van der Waals surface area contributed by atoms with Crippen LogP contribution in [0.5, 0.6) is 0 Å². The average molecular weight is 389 g/mol. The van der Waals surface area contributed by atoms with Crippen molar-refractivity contribution in [1.82, 2.24) is 14.7 Å². The van der Waals surface area contributed by atoms with Gasteiger partial charge in [0.2, 0.25) is 5.91 Å². The molecule has 0 radical (unpaired) electrons. The van der Waals surface area contributed by atoms with Crippen molar-refractivity contribution in [3.8, 4) is 0 Å². The highest BCUT2D eigenvalue weighted by molar-refractivity contribution is 5.94. The summed E-state index contributed by atoms with van der Waals surface area (Å²) in [7, 11) is 1.74. The summed E-state index contributed by atoms with van der Waals surface area (Å²) in [6.45, 7) is 2.72. The van der Waals surface area contributed by atoms with E-state index in [0.717, 1.165) is 29.7 Å². The van der Waals surface area contributed by atoms with Crippen LogP contribution < -0.4 is 10.2 Å². The van der Waals surface area contributed by atoms with Crippen LogP contribution in [-0.4, -0.2) is 46.8 Å². The lowest BCUT2D eigenvalue weighted by atomic mass is 9.83. The molecule has 0 aliphatic carbocycles. The molecule has 4 rings (SSSR count). The molecule has 3 heterocycles. The van der Waals surface area contributed by atoms with Gasteiger partial charge in [-0.1, -0.05) is 0 Å². The number of hydrogen-bond donors (Lipinski definition) is 1. The minimum Gasteiger partial charge on any atom is -0.324 e. The lowest BCUT2D eigenvalue weighted by Crippen LogP contribution is -2.54. The molecule has 148 valence electrons. The normalized spacial score (nSPS) is 18.4. The third kappa shape index (κ3) is 3.10. The number of carbonyl (C=O) groups excluding carboxylic acids is 2. The topological polar surface area (TPSA) is 70.5 Å². The van der Waals surface area contributed by atoms with Crippen molar-refractivity contribution in [1.29, 1.82) is 0 Å². The maximum absolute atomic E-state index is 13.3. The van der Waals surface area contributed by atoms with Crippen LogP contribution in [0.3, 0.4) is 0 Å². The minimum atomic E-state index is -0.751. The number of amides is 3. The molecule has 9 heteroatoms. The fraction of sp³-hybridized carbons (Fsp3) is 0.421. The summed E-state index contributed by atoms with van der Waals surface area (Å²) in [5.41, 5.74) is 0.459. The van der Waals surface area contributed by atoms with Gasteiger partial charge in [0.25, 0.3) is 0 Å². The van der Waals surface area contributed by atoms with Crippen molar-refractivity contribution in [2.75, 3.05) is 30.4 Å². The van der Waals surface area contributed by atoms with Crippen LogP contribution in [0.4, 0.5) is 25.1 Å². The number of benzene rings is 1. The number of rotatable bonds is 1. The van der Waals surface area contributed by atoms with Crippen LogP contribution in [0.25, 0.3) is 0 Å². The van der Waals surface area contributed by atoms with Gasteiger partial charge in [0.1, 0.15) is 17.5 Å². The third-order valence-corrected chi connectivity index (χ3v) is 5.56. The van der Waals surface area contributed by atoms with Crippen molar-refractivity contribution in [2.24, 2.45) is 0 Å². The Morgan fingerprint density at radius 1 is 1.14 bits per heavy atom. The third-order valence-electron chi connectivity index (χ3n) is 5.56. The molecule has 1 fully saturated rings. The lowest BCUT2D eigenvalue weighted by Gasteiger charge is -2.45. The monoisotopic (exact) mass is 389 g/mol. The number of likely N-dealkylation sites (tertiary alicyclic amines) is 1. The van der Waals surface area contributed by atoms with Gasteiger partial charge >= 0.3 is 6.03 Å². The molecule has 1 aromatic carbocycles. The molecule has 0 bridgehead atoms. The number of halogens is 2. The molecular formula is C19H21F2N5O2. The van der Waals surface area contributed by atoms with Gasteiger partial charge in [0.05, 0.1) is 17.7 Å². The van der Waals surface area contributed by atoms with Crippen molar-refractivity contribution in [3.63, 3.8) is 0 Å². The highest BCUT2D eigenvalue weighted by Crippen LogP contribution is 2.41. The second kappa shape index (κ2) is 6.57. The molecule has 0 atom stereocenters. The Bertz CT molecular complexity index is 930. The predicted octanol–water partition coefficient (Wildman–Crippen LogP) is 2.86. The van der Waals surface area contributed by atoms with E-state index >= 15 is 0 Å². The number of piperidine rings is 1. The smallest absolute Gasteiger partial charge is 0.321 e. The first-order chi connectivity index (χ1) is 13.3. The summed E-state index contributed by atoms with van der Waals surface area (Å²) in [6, 6.07) is 4.36. The Morgan fingerprint density at radius 3 is 2.43 bits per heavy atom. The number of aryl methyl sites for hydroxylation is 1. The molecule has 1 aromatic heterocycles. The van der Waals surface area contributed by atoms with Crippen LogP contribution in [-0.2, 0) is 10.3 Å². The molecule has 1 spiro atoms. The number of nitrogens with one attached hydrogen (secondary N) is 1. The number of fused-ring (bicyclic) bond motifs is 2. The minimum absolute atomic E-state index is 0.0283. The Hall–Kier alpha value is -2.97. The standard InChI is InChI=1S/C19H21F2N5O2/c1-12-7-16-24(2)17(27)11-19(26(16)23-12)3-5-25(6-4-19)18(28)22-15-9-13(20)8-14(21)10-15/h7-10H,3-6,11H2,1-2H3,(H,22,28). The second-order valence-electron chi connectivity index (χ2n) is 7.48. The molecule has 3 amide bonds. The van der Waals surface area contributed by atoms with Crippen LogP contribution in [0.1, 0.15) is 25.0 Å². The van der Waals surface area contributed by atoms with E-state index < -0.39 is 23.2 Å². The lowest BCUT2D eigenvalue weighted by molar-refractivity contribution is -0.122. The molecule has 1 N–H and O–H groups in total. The van der Waals surface area contributed by atoms with Gasteiger partial charge in [-0.15, -0.1) is 0 Å². The van der Waals surface area contributed by atoms with Gasteiger partial charge in [0, 0.05) is 38.0 Å². The second-order valence-corrected chi connectivity index (χ2v) is 7.48. The molecule has 0 unspecified atom stereocenters. The predicted molar refractivity (Wildman–Crippen MR) is 99.1 cm³/mol.